The molecular formula is C12H7ClN2O. The fraction of sp³-hybridized carbons (Fsp3) is 0. The van der Waals surface area contributed by atoms with Crippen molar-refractivity contribution in [3.8, 4) is 11.1 Å². The Morgan fingerprint density at radius 1 is 1.25 bits per heavy atom. The van der Waals surface area contributed by atoms with Crippen molar-refractivity contribution in [2.45, 2.75) is 0 Å². The molecule has 16 heavy (non-hydrogen) atoms. The average molecular weight is 231 g/mol. The largest absolute Gasteiger partial charge is 0.262 e. The number of hydrogen-bond acceptors (Lipinski definition) is 3. The van der Waals surface area contributed by atoms with E-state index >= 15 is 0 Å². The first-order valence-corrected chi connectivity index (χ1v) is 4.97. The Balaban J connectivity index is 2.52. The molecule has 0 N–H and O–H groups in total. The van der Waals surface area contributed by atoms with Crippen molar-refractivity contribution in [3.63, 3.8) is 0 Å². The highest BCUT2D eigenvalue weighted by molar-refractivity contribution is 6.33. The minimum absolute atomic E-state index is 0.465. The number of benzene rings is 1. The van der Waals surface area contributed by atoms with Crippen LogP contribution in [0.2, 0.25) is 5.02 Å². The molecule has 0 radical (unpaired) electrons. The summed E-state index contributed by atoms with van der Waals surface area (Å²) in [5.74, 6) is 0. The first-order chi connectivity index (χ1) is 7.81. The molecule has 4 heteroatoms. The Hall–Kier alpha value is -1.96. The van der Waals surface area contributed by atoms with Gasteiger partial charge in [0, 0.05) is 22.3 Å². The van der Waals surface area contributed by atoms with Crippen LogP contribution in [-0.2, 0) is 4.79 Å². The van der Waals surface area contributed by atoms with Crippen molar-refractivity contribution in [1.29, 1.82) is 0 Å². The molecule has 2 rings (SSSR count). The molecule has 78 valence electrons. The van der Waals surface area contributed by atoms with Crippen LogP contribution >= 0.6 is 11.6 Å². The molecular weight excluding hydrogens is 224 g/mol. The second kappa shape index (κ2) is 4.71. The van der Waals surface area contributed by atoms with E-state index in [1.165, 1.54) is 12.3 Å². The van der Waals surface area contributed by atoms with Crippen LogP contribution in [0.15, 0.2) is 47.7 Å². The molecule has 0 spiro atoms. The molecule has 0 atom stereocenters. The molecule has 0 saturated carbocycles. The Labute approximate surface area is 97.4 Å². The molecule has 0 saturated heterocycles. The topological polar surface area (TPSA) is 42.3 Å². The molecule has 0 fully saturated rings. The zero-order valence-electron chi connectivity index (χ0n) is 8.22. The van der Waals surface area contributed by atoms with Gasteiger partial charge in [-0.15, -0.1) is 0 Å². The molecule has 0 aliphatic heterocycles. The fourth-order valence-corrected chi connectivity index (χ4v) is 1.63. The Kier molecular flexibility index (Phi) is 3.10. The molecule has 0 aliphatic rings. The van der Waals surface area contributed by atoms with E-state index in [9.17, 15) is 4.79 Å². The first kappa shape index (κ1) is 10.6. The van der Waals surface area contributed by atoms with Gasteiger partial charge in [0.25, 0.3) is 0 Å². The smallest absolute Gasteiger partial charge is 0.240 e. The van der Waals surface area contributed by atoms with Crippen LogP contribution in [-0.4, -0.2) is 11.1 Å². The van der Waals surface area contributed by atoms with E-state index in [1.807, 2.05) is 18.2 Å². The van der Waals surface area contributed by atoms with Gasteiger partial charge in [-0.25, -0.2) is 4.79 Å². The zero-order valence-corrected chi connectivity index (χ0v) is 8.98. The number of aliphatic imine (C=N–C) groups is 1. The molecule has 3 nitrogen and oxygen atoms in total. The highest BCUT2D eigenvalue weighted by atomic mass is 35.5. The molecule has 1 heterocycles. The summed E-state index contributed by atoms with van der Waals surface area (Å²) in [6.45, 7) is 0. The number of nitrogens with zero attached hydrogens (tertiary/aromatic N) is 2. The third kappa shape index (κ3) is 2.16. The highest BCUT2D eigenvalue weighted by Gasteiger charge is 2.03. The van der Waals surface area contributed by atoms with Gasteiger partial charge in [-0.2, -0.15) is 4.99 Å². The van der Waals surface area contributed by atoms with Gasteiger partial charge in [-0.05, 0) is 12.1 Å². The van der Waals surface area contributed by atoms with Crippen LogP contribution in [0.1, 0.15) is 0 Å². The predicted molar refractivity (Wildman–Crippen MR) is 62.5 cm³/mol. The number of carbonyl (C=O) groups excluding carboxylic acids is 1. The predicted octanol–water partition coefficient (Wildman–Crippen LogP) is 3.37. The summed E-state index contributed by atoms with van der Waals surface area (Å²) in [6.07, 6.45) is 4.64. The second-order valence-electron chi connectivity index (χ2n) is 3.11. The lowest BCUT2D eigenvalue weighted by molar-refractivity contribution is 0.565. The zero-order chi connectivity index (χ0) is 11.4. The van der Waals surface area contributed by atoms with E-state index < -0.39 is 0 Å². The normalized spacial score (nSPS) is 9.56. The van der Waals surface area contributed by atoms with E-state index in [-0.39, 0.29) is 0 Å². The highest BCUT2D eigenvalue weighted by Crippen LogP contribution is 2.28. The van der Waals surface area contributed by atoms with Gasteiger partial charge < -0.3 is 0 Å². The van der Waals surface area contributed by atoms with Crippen molar-refractivity contribution < 1.29 is 4.79 Å². The van der Waals surface area contributed by atoms with Crippen LogP contribution in [0.5, 0.6) is 0 Å². The number of isocyanates is 1. The van der Waals surface area contributed by atoms with Crippen molar-refractivity contribution in [2.75, 3.05) is 0 Å². The van der Waals surface area contributed by atoms with Crippen LogP contribution in [0, 0.1) is 0 Å². The van der Waals surface area contributed by atoms with Gasteiger partial charge >= 0.3 is 0 Å². The SMILES string of the molecule is O=C=Nc1cncc(-c2ccccc2Cl)c1. The van der Waals surface area contributed by atoms with Crippen LogP contribution < -0.4 is 0 Å². The monoisotopic (exact) mass is 230 g/mol. The summed E-state index contributed by atoms with van der Waals surface area (Å²) in [5.41, 5.74) is 2.15. The second-order valence-corrected chi connectivity index (χ2v) is 3.52. The van der Waals surface area contributed by atoms with Crippen LogP contribution in [0.4, 0.5) is 5.69 Å². The van der Waals surface area contributed by atoms with Gasteiger partial charge in [0.1, 0.15) is 0 Å². The van der Waals surface area contributed by atoms with E-state index in [0.29, 0.717) is 10.7 Å². The first-order valence-electron chi connectivity index (χ1n) is 4.59. The van der Waals surface area contributed by atoms with Gasteiger partial charge in [0.2, 0.25) is 6.08 Å². The van der Waals surface area contributed by atoms with E-state index in [4.69, 9.17) is 11.6 Å². The van der Waals surface area contributed by atoms with E-state index in [0.717, 1.165) is 11.1 Å². The Morgan fingerprint density at radius 3 is 2.81 bits per heavy atom. The maximum atomic E-state index is 10.1. The van der Waals surface area contributed by atoms with Gasteiger partial charge in [0.05, 0.1) is 11.9 Å². The molecule has 0 amide bonds. The maximum absolute atomic E-state index is 10.1. The minimum atomic E-state index is 0.465. The van der Waals surface area contributed by atoms with Crippen LogP contribution in [0.25, 0.3) is 11.1 Å². The summed E-state index contributed by atoms with van der Waals surface area (Å²) >= 11 is 6.05. The number of hydrogen-bond donors (Lipinski definition) is 0. The number of aromatic nitrogens is 1. The Morgan fingerprint density at radius 2 is 2.06 bits per heavy atom. The number of pyridine rings is 1. The summed E-state index contributed by atoms with van der Waals surface area (Å²) in [4.78, 5) is 17.6. The molecule has 0 unspecified atom stereocenters. The van der Waals surface area contributed by atoms with Gasteiger partial charge in [0.15, 0.2) is 0 Å². The molecule has 1 aromatic carbocycles. The number of halogens is 1. The summed E-state index contributed by atoms with van der Waals surface area (Å²) in [7, 11) is 0. The summed E-state index contributed by atoms with van der Waals surface area (Å²) in [6, 6.07) is 9.16. The third-order valence-corrected chi connectivity index (χ3v) is 2.41. The summed E-state index contributed by atoms with van der Waals surface area (Å²) in [5, 5.41) is 0.636. The lowest BCUT2D eigenvalue weighted by Crippen LogP contribution is -1.81. The number of rotatable bonds is 2. The average Bonchev–Trinajstić information content (AvgIpc) is 2.30. The van der Waals surface area contributed by atoms with Crippen molar-refractivity contribution >= 4 is 23.4 Å². The van der Waals surface area contributed by atoms with Crippen molar-refractivity contribution in [1.82, 2.24) is 4.98 Å². The van der Waals surface area contributed by atoms with Crippen LogP contribution in [0.3, 0.4) is 0 Å². The molecule has 0 aliphatic carbocycles. The molecule has 1 aromatic heterocycles. The third-order valence-electron chi connectivity index (χ3n) is 2.08. The molecule has 2 aromatic rings. The van der Waals surface area contributed by atoms with Crippen molar-refractivity contribution in [2.24, 2.45) is 4.99 Å². The van der Waals surface area contributed by atoms with Crippen molar-refractivity contribution in [3.05, 3.63) is 47.7 Å². The lowest BCUT2D eigenvalue weighted by atomic mass is 10.1. The van der Waals surface area contributed by atoms with Gasteiger partial charge in [-0.3, -0.25) is 4.98 Å². The molecule has 0 bridgehead atoms. The maximum Gasteiger partial charge on any atom is 0.240 e. The van der Waals surface area contributed by atoms with E-state index in [2.05, 4.69) is 9.98 Å². The van der Waals surface area contributed by atoms with Gasteiger partial charge in [-0.1, -0.05) is 29.8 Å². The summed E-state index contributed by atoms with van der Waals surface area (Å²) < 4.78 is 0. The Bertz CT molecular complexity index is 562. The van der Waals surface area contributed by atoms with E-state index in [1.54, 1.807) is 18.3 Å². The minimum Gasteiger partial charge on any atom is -0.262 e. The fourth-order valence-electron chi connectivity index (χ4n) is 1.38. The lowest BCUT2D eigenvalue weighted by Gasteiger charge is -2.03. The standard InChI is InChI=1S/C12H7ClN2O/c13-12-4-2-1-3-11(12)9-5-10(15-8-16)7-14-6-9/h1-7H. The quantitative estimate of drug-likeness (QED) is 0.586.